The molecule has 0 unspecified atom stereocenters. The minimum absolute atomic E-state index is 0.144. The molecule has 0 atom stereocenters. The topological polar surface area (TPSA) is 49.6 Å². The van der Waals surface area contributed by atoms with E-state index in [4.69, 9.17) is 0 Å². The van der Waals surface area contributed by atoms with Crippen LogP contribution in [-0.2, 0) is 0 Å². The molecule has 1 heterocycles. The lowest BCUT2D eigenvalue weighted by atomic mass is 9.98. The van der Waals surface area contributed by atoms with Crippen molar-refractivity contribution in [3.8, 4) is 0 Å². The molecule has 0 aliphatic carbocycles. The number of anilines is 2. The Kier molecular flexibility index (Phi) is 4.18. The van der Waals surface area contributed by atoms with Gasteiger partial charge in [0.15, 0.2) is 0 Å². The first-order valence-corrected chi connectivity index (χ1v) is 8.15. The van der Waals surface area contributed by atoms with E-state index in [1.54, 1.807) is 6.92 Å². The molecule has 0 amide bonds. The van der Waals surface area contributed by atoms with Crippen LogP contribution in [0.5, 0.6) is 0 Å². The third-order valence-corrected chi connectivity index (χ3v) is 4.64. The lowest BCUT2D eigenvalue weighted by Gasteiger charge is -2.43. The molecule has 2 aromatic carbocycles. The van der Waals surface area contributed by atoms with E-state index in [0.717, 1.165) is 11.4 Å². The Morgan fingerprint density at radius 2 is 1.25 bits per heavy atom. The Hall–Kier alpha value is -2.56. The van der Waals surface area contributed by atoms with Gasteiger partial charge in [-0.1, -0.05) is 35.4 Å². The van der Waals surface area contributed by atoms with Gasteiger partial charge in [0.2, 0.25) is 0 Å². The van der Waals surface area contributed by atoms with Gasteiger partial charge in [-0.3, -0.25) is 10.1 Å². The second kappa shape index (κ2) is 6.15. The molecule has 126 valence electrons. The summed E-state index contributed by atoms with van der Waals surface area (Å²) in [4.78, 5) is 15.7. The molecule has 1 aliphatic heterocycles. The molecule has 0 bridgehead atoms. The van der Waals surface area contributed by atoms with Crippen molar-refractivity contribution in [3.63, 3.8) is 0 Å². The summed E-state index contributed by atoms with van der Waals surface area (Å²) in [5.74, 6) is 0. The molecular weight excluding hydrogens is 302 g/mol. The van der Waals surface area contributed by atoms with Crippen LogP contribution >= 0.6 is 0 Å². The van der Waals surface area contributed by atoms with Crippen LogP contribution in [0.25, 0.3) is 0 Å². The van der Waals surface area contributed by atoms with Crippen LogP contribution in [0.1, 0.15) is 18.1 Å². The zero-order valence-corrected chi connectivity index (χ0v) is 14.4. The van der Waals surface area contributed by atoms with Crippen LogP contribution in [-0.4, -0.2) is 30.2 Å². The van der Waals surface area contributed by atoms with Gasteiger partial charge in [-0.2, -0.15) is 0 Å². The summed E-state index contributed by atoms with van der Waals surface area (Å²) in [5, 5.41) is 11.7. The first-order chi connectivity index (χ1) is 11.4. The lowest BCUT2D eigenvalue weighted by molar-refractivity contribution is -0.559. The molecule has 5 nitrogen and oxygen atoms in total. The average molecular weight is 325 g/mol. The smallest absolute Gasteiger partial charge is 0.253 e. The summed E-state index contributed by atoms with van der Waals surface area (Å²) in [5.41, 5.74) is 3.40. The second-order valence-electron chi connectivity index (χ2n) is 6.96. The van der Waals surface area contributed by atoms with Crippen molar-refractivity contribution in [1.82, 2.24) is 0 Å². The van der Waals surface area contributed by atoms with Crippen molar-refractivity contribution < 1.29 is 4.92 Å². The predicted octanol–water partition coefficient (Wildman–Crippen LogP) is 3.62. The fraction of sp³-hybridized carbons (Fsp3) is 0.368. The van der Waals surface area contributed by atoms with Crippen LogP contribution in [0.2, 0.25) is 0 Å². The SMILES string of the molecule is Cc1ccc(N2CN(c3ccc(C)cc3)CC(C)([N+](=O)[O-])C2)cc1. The van der Waals surface area contributed by atoms with Crippen LogP contribution < -0.4 is 9.80 Å². The molecule has 2 aromatic rings. The zero-order valence-electron chi connectivity index (χ0n) is 14.4. The average Bonchev–Trinajstić information content (AvgIpc) is 2.55. The summed E-state index contributed by atoms with van der Waals surface area (Å²) in [6.07, 6.45) is 0. The Morgan fingerprint density at radius 3 is 1.58 bits per heavy atom. The lowest BCUT2D eigenvalue weighted by Crippen LogP contribution is -2.62. The van der Waals surface area contributed by atoms with Gasteiger partial charge < -0.3 is 9.80 Å². The Labute approximate surface area is 142 Å². The van der Waals surface area contributed by atoms with E-state index in [-0.39, 0.29) is 4.92 Å². The summed E-state index contributed by atoms with van der Waals surface area (Å²) >= 11 is 0. The van der Waals surface area contributed by atoms with Crippen LogP contribution in [0.3, 0.4) is 0 Å². The fourth-order valence-electron chi connectivity index (χ4n) is 3.15. The van der Waals surface area contributed by atoms with Crippen LogP contribution in [0.4, 0.5) is 11.4 Å². The molecule has 0 N–H and O–H groups in total. The van der Waals surface area contributed by atoms with Gasteiger partial charge in [0.1, 0.15) is 0 Å². The highest BCUT2D eigenvalue weighted by atomic mass is 16.6. The van der Waals surface area contributed by atoms with Crippen molar-refractivity contribution in [3.05, 3.63) is 69.8 Å². The summed E-state index contributed by atoms with van der Waals surface area (Å²) in [6, 6.07) is 16.3. The number of nitro groups is 1. The standard InChI is InChI=1S/C19H23N3O2/c1-15-4-8-17(9-5-15)20-12-19(3,22(23)24)13-21(14-20)18-10-6-16(2)7-11-18/h4-11H,12-14H2,1-3H3. The minimum atomic E-state index is -1.01. The molecule has 1 saturated heterocycles. The molecule has 5 heteroatoms. The molecule has 0 radical (unpaired) electrons. The summed E-state index contributed by atoms with van der Waals surface area (Å²) in [7, 11) is 0. The maximum Gasteiger partial charge on any atom is 0.253 e. The minimum Gasteiger partial charge on any atom is -0.347 e. The van der Waals surface area contributed by atoms with Gasteiger partial charge >= 0.3 is 0 Å². The highest BCUT2D eigenvalue weighted by molar-refractivity contribution is 5.54. The largest absolute Gasteiger partial charge is 0.347 e. The van der Waals surface area contributed by atoms with Gasteiger partial charge in [-0.15, -0.1) is 0 Å². The molecule has 1 fully saturated rings. The maximum atomic E-state index is 11.7. The van der Waals surface area contributed by atoms with E-state index in [9.17, 15) is 10.1 Å². The molecule has 0 aromatic heterocycles. The molecule has 0 saturated carbocycles. The molecule has 1 aliphatic rings. The van der Waals surface area contributed by atoms with Crippen molar-refractivity contribution >= 4 is 11.4 Å². The Balaban J connectivity index is 1.93. The zero-order chi connectivity index (χ0) is 17.3. The molecule has 3 rings (SSSR count). The third kappa shape index (κ3) is 3.20. The fourth-order valence-corrected chi connectivity index (χ4v) is 3.15. The summed E-state index contributed by atoms with van der Waals surface area (Å²) in [6.45, 7) is 7.28. The van der Waals surface area contributed by atoms with E-state index in [2.05, 4.69) is 9.80 Å². The number of rotatable bonds is 3. The molecular formula is C19H23N3O2. The highest BCUT2D eigenvalue weighted by Crippen LogP contribution is 2.29. The van der Waals surface area contributed by atoms with E-state index in [1.165, 1.54) is 11.1 Å². The van der Waals surface area contributed by atoms with E-state index < -0.39 is 5.54 Å². The van der Waals surface area contributed by atoms with Gasteiger partial charge in [0.05, 0.1) is 19.8 Å². The van der Waals surface area contributed by atoms with Crippen LogP contribution in [0.15, 0.2) is 48.5 Å². The van der Waals surface area contributed by atoms with Crippen molar-refractivity contribution in [2.45, 2.75) is 26.3 Å². The Morgan fingerprint density at radius 1 is 0.875 bits per heavy atom. The third-order valence-electron chi connectivity index (χ3n) is 4.64. The van der Waals surface area contributed by atoms with Crippen molar-refractivity contribution in [1.29, 1.82) is 0 Å². The van der Waals surface area contributed by atoms with Gasteiger partial charge in [-0.25, -0.2) is 0 Å². The molecule has 0 spiro atoms. The number of hydrogen-bond acceptors (Lipinski definition) is 4. The van der Waals surface area contributed by atoms with E-state index >= 15 is 0 Å². The maximum absolute atomic E-state index is 11.7. The first-order valence-electron chi connectivity index (χ1n) is 8.15. The van der Waals surface area contributed by atoms with Gasteiger partial charge in [0.25, 0.3) is 5.54 Å². The number of hydrogen-bond donors (Lipinski definition) is 0. The van der Waals surface area contributed by atoms with E-state index in [1.807, 2.05) is 62.4 Å². The number of benzene rings is 2. The number of aryl methyl sites for hydroxylation is 2. The van der Waals surface area contributed by atoms with Gasteiger partial charge in [-0.05, 0) is 38.1 Å². The van der Waals surface area contributed by atoms with Gasteiger partial charge in [0, 0.05) is 23.2 Å². The summed E-state index contributed by atoms with van der Waals surface area (Å²) < 4.78 is 0. The first kappa shape index (κ1) is 16.3. The highest BCUT2D eigenvalue weighted by Gasteiger charge is 2.45. The predicted molar refractivity (Wildman–Crippen MR) is 97.3 cm³/mol. The van der Waals surface area contributed by atoms with E-state index in [0.29, 0.717) is 19.8 Å². The van der Waals surface area contributed by atoms with Crippen LogP contribution in [0, 0.1) is 24.0 Å². The normalized spacial score (nSPS) is 17.0. The van der Waals surface area contributed by atoms with Crippen molar-refractivity contribution in [2.75, 3.05) is 29.6 Å². The second-order valence-corrected chi connectivity index (χ2v) is 6.96. The monoisotopic (exact) mass is 325 g/mol. The van der Waals surface area contributed by atoms with Crippen molar-refractivity contribution in [2.24, 2.45) is 0 Å². The quantitative estimate of drug-likeness (QED) is 0.639. The Bertz CT molecular complexity index is 672. The number of nitrogens with zero attached hydrogens (tertiary/aromatic N) is 3. The molecule has 24 heavy (non-hydrogen) atoms.